The van der Waals surface area contributed by atoms with Crippen LogP contribution in [0.2, 0.25) is 0 Å². The van der Waals surface area contributed by atoms with Crippen molar-refractivity contribution in [2.45, 2.75) is 19.6 Å². The third-order valence-electron chi connectivity index (χ3n) is 2.29. The van der Waals surface area contributed by atoms with Crippen molar-refractivity contribution in [3.05, 3.63) is 35.9 Å². The quantitative estimate of drug-likeness (QED) is 0.801. The van der Waals surface area contributed by atoms with E-state index in [9.17, 15) is 9.59 Å². The number of amides is 1. The van der Waals surface area contributed by atoms with Gasteiger partial charge in [-0.3, -0.25) is 0 Å². The van der Waals surface area contributed by atoms with Crippen LogP contribution in [-0.2, 0) is 16.1 Å². The van der Waals surface area contributed by atoms with Crippen LogP contribution < -0.4 is 5.32 Å². The normalized spacial score (nSPS) is 11.6. The first-order valence-corrected chi connectivity index (χ1v) is 7.06. The van der Waals surface area contributed by atoms with Crippen LogP contribution in [0, 0.1) is 0 Å². The molecule has 0 saturated heterocycles. The number of ether oxygens (including phenoxy) is 1. The fourth-order valence-corrected chi connectivity index (χ4v) is 2.01. The van der Waals surface area contributed by atoms with E-state index in [1.807, 2.05) is 37.3 Å². The van der Waals surface area contributed by atoms with E-state index >= 15 is 0 Å². The van der Waals surface area contributed by atoms with Gasteiger partial charge < -0.3 is 15.2 Å². The third-order valence-corrected chi connectivity index (χ3v) is 3.27. The maximum Gasteiger partial charge on any atom is 0.408 e. The SMILES string of the molecule is CCSC[C@H](NC(=O)OCc1ccccc1)C(=O)O. The van der Waals surface area contributed by atoms with Crippen LogP contribution in [0.4, 0.5) is 4.79 Å². The maximum absolute atomic E-state index is 11.5. The van der Waals surface area contributed by atoms with E-state index in [1.54, 1.807) is 0 Å². The molecule has 0 radical (unpaired) electrons. The lowest BCUT2D eigenvalue weighted by atomic mass is 10.2. The largest absolute Gasteiger partial charge is 0.480 e. The summed E-state index contributed by atoms with van der Waals surface area (Å²) in [6.07, 6.45) is -0.715. The number of carboxylic acid groups (broad SMARTS) is 1. The zero-order chi connectivity index (χ0) is 14.1. The highest BCUT2D eigenvalue weighted by Gasteiger charge is 2.20. The van der Waals surface area contributed by atoms with Crippen molar-refractivity contribution in [1.82, 2.24) is 5.32 Å². The predicted molar refractivity (Wildman–Crippen MR) is 74.2 cm³/mol. The van der Waals surface area contributed by atoms with Crippen LogP contribution in [0.5, 0.6) is 0 Å². The highest BCUT2D eigenvalue weighted by molar-refractivity contribution is 7.99. The molecule has 5 nitrogen and oxygen atoms in total. The van der Waals surface area contributed by atoms with Gasteiger partial charge in [-0.1, -0.05) is 37.3 Å². The molecule has 0 heterocycles. The second-order valence-electron chi connectivity index (χ2n) is 3.76. The molecule has 19 heavy (non-hydrogen) atoms. The molecule has 6 heteroatoms. The third kappa shape index (κ3) is 6.15. The Morgan fingerprint density at radius 3 is 2.63 bits per heavy atom. The van der Waals surface area contributed by atoms with Crippen molar-refractivity contribution in [2.24, 2.45) is 0 Å². The summed E-state index contributed by atoms with van der Waals surface area (Å²) in [4.78, 5) is 22.4. The lowest BCUT2D eigenvalue weighted by Crippen LogP contribution is -2.42. The van der Waals surface area contributed by atoms with Gasteiger partial charge in [0.15, 0.2) is 0 Å². The van der Waals surface area contributed by atoms with E-state index < -0.39 is 18.1 Å². The van der Waals surface area contributed by atoms with Crippen molar-refractivity contribution in [3.8, 4) is 0 Å². The van der Waals surface area contributed by atoms with E-state index in [0.29, 0.717) is 5.75 Å². The molecule has 1 rings (SSSR count). The Labute approximate surface area is 116 Å². The molecule has 0 aliphatic heterocycles. The summed E-state index contributed by atoms with van der Waals surface area (Å²) >= 11 is 1.45. The molecule has 0 fully saturated rings. The van der Waals surface area contributed by atoms with Crippen molar-refractivity contribution in [2.75, 3.05) is 11.5 Å². The van der Waals surface area contributed by atoms with E-state index in [4.69, 9.17) is 9.84 Å². The van der Waals surface area contributed by atoms with E-state index in [1.165, 1.54) is 11.8 Å². The summed E-state index contributed by atoms with van der Waals surface area (Å²) in [6, 6.07) is 8.28. The van der Waals surface area contributed by atoms with E-state index in [2.05, 4.69) is 5.32 Å². The van der Waals surface area contributed by atoms with Gasteiger partial charge in [0, 0.05) is 5.75 Å². The number of carboxylic acids is 1. The summed E-state index contributed by atoms with van der Waals surface area (Å²) in [7, 11) is 0. The minimum atomic E-state index is -1.06. The lowest BCUT2D eigenvalue weighted by molar-refractivity contribution is -0.138. The monoisotopic (exact) mass is 283 g/mol. The molecule has 104 valence electrons. The summed E-state index contributed by atoms with van der Waals surface area (Å²) < 4.78 is 4.97. The van der Waals surface area contributed by atoms with Gasteiger partial charge in [0.05, 0.1) is 0 Å². The van der Waals surface area contributed by atoms with Crippen LogP contribution >= 0.6 is 11.8 Å². The Morgan fingerprint density at radius 2 is 2.05 bits per heavy atom. The van der Waals surface area contributed by atoms with Crippen LogP contribution in [0.15, 0.2) is 30.3 Å². The zero-order valence-corrected chi connectivity index (χ0v) is 11.5. The first kappa shape index (κ1) is 15.4. The van der Waals surface area contributed by atoms with Crippen LogP contribution in [0.1, 0.15) is 12.5 Å². The van der Waals surface area contributed by atoms with Crippen molar-refractivity contribution >= 4 is 23.8 Å². The number of alkyl carbamates (subject to hydrolysis) is 1. The number of hydrogen-bond acceptors (Lipinski definition) is 4. The standard InChI is InChI=1S/C13H17NO4S/c1-2-19-9-11(12(15)16)14-13(17)18-8-10-6-4-3-5-7-10/h3-7,11H,2,8-9H2,1H3,(H,14,17)(H,15,16)/t11-/m0/s1. The minimum absolute atomic E-state index is 0.125. The summed E-state index contributed by atoms with van der Waals surface area (Å²) in [5.41, 5.74) is 0.854. The van der Waals surface area contributed by atoms with Gasteiger partial charge in [-0.15, -0.1) is 0 Å². The Morgan fingerprint density at radius 1 is 1.37 bits per heavy atom. The molecule has 1 atom stereocenters. The van der Waals surface area contributed by atoms with Gasteiger partial charge in [-0.25, -0.2) is 9.59 Å². The Balaban J connectivity index is 2.38. The fraction of sp³-hybridized carbons (Fsp3) is 0.385. The highest BCUT2D eigenvalue weighted by Crippen LogP contribution is 2.04. The average Bonchev–Trinajstić information content (AvgIpc) is 2.42. The van der Waals surface area contributed by atoms with Gasteiger partial charge >= 0.3 is 12.1 Å². The van der Waals surface area contributed by atoms with E-state index in [-0.39, 0.29) is 6.61 Å². The molecule has 0 aromatic heterocycles. The summed E-state index contributed by atoms with van der Waals surface area (Å²) in [6.45, 7) is 2.05. The molecule has 0 bridgehead atoms. The Kier molecular flexibility index (Phi) is 6.81. The van der Waals surface area contributed by atoms with Gasteiger partial charge in [0.1, 0.15) is 12.6 Å². The molecular formula is C13H17NO4S. The molecule has 0 spiro atoms. The first-order chi connectivity index (χ1) is 9.13. The average molecular weight is 283 g/mol. The number of benzene rings is 1. The van der Waals surface area contributed by atoms with Gasteiger partial charge in [0.25, 0.3) is 0 Å². The van der Waals surface area contributed by atoms with Crippen molar-refractivity contribution < 1.29 is 19.4 Å². The summed E-state index contributed by atoms with van der Waals surface area (Å²) in [5, 5.41) is 11.3. The topological polar surface area (TPSA) is 75.6 Å². The van der Waals surface area contributed by atoms with E-state index in [0.717, 1.165) is 11.3 Å². The lowest BCUT2D eigenvalue weighted by Gasteiger charge is -2.13. The van der Waals surface area contributed by atoms with Crippen molar-refractivity contribution in [3.63, 3.8) is 0 Å². The minimum Gasteiger partial charge on any atom is -0.480 e. The van der Waals surface area contributed by atoms with Gasteiger partial charge in [-0.05, 0) is 11.3 Å². The number of carbonyl (C=O) groups excluding carboxylic acids is 1. The second-order valence-corrected chi connectivity index (χ2v) is 5.08. The highest BCUT2D eigenvalue weighted by atomic mass is 32.2. The van der Waals surface area contributed by atoms with Gasteiger partial charge in [0.2, 0.25) is 0 Å². The molecule has 1 aromatic rings. The molecule has 0 aliphatic carbocycles. The van der Waals surface area contributed by atoms with Crippen LogP contribution in [0.25, 0.3) is 0 Å². The van der Waals surface area contributed by atoms with Gasteiger partial charge in [-0.2, -0.15) is 11.8 Å². The second kappa shape index (κ2) is 8.42. The van der Waals surface area contributed by atoms with Crippen molar-refractivity contribution in [1.29, 1.82) is 0 Å². The smallest absolute Gasteiger partial charge is 0.408 e. The number of carbonyl (C=O) groups is 2. The molecule has 2 N–H and O–H groups in total. The molecule has 0 unspecified atom stereocenters. The molecule has 0 saturated carbocycles. The molecule has 1 amide bonds. The number of aliphatic carboxylic acids is 1. The fourth-order valence-electron chi connectivity index (χ4n) is 1.32. The number of hydrogen-bond donors (Lipinski definition) is 2. The zero-order valence-electron chi connectivity index (χ0n) is 10.7. The maximum atomic E-state index is 11.5. The Bertz CT molecular complexity index is 410. The number of nitrogens with one attached hydrogen (secondary N) is 1. The number of rotatable bonds is 7. The molecule has 1 aromatic carbocycles. The Hall–Kier alpha value is -1.69. The van der Waals surface area contributed by atoms with Crippen LogP contribution in [-0.4, -0.2) is 34.7 Å². The number of thioether (sulfide) groups is 1. The molecule has 0 aliphatic rings. The van der Waals surface area contributed by atoms with Crippen LogP contribution in [0.3, 0.4) is 0 Å². The predicted octanol–water partition coefficient (Wildman–Crippen LogP) is 2.12. The first-order valence-electron chi connectivity index (χ1n) is 5.91. The summed E-state index contributed by atoms with van der Waals surface area (Å²) in [5.74, 6) is 0.0641. The molecular weight excluding hydrogens is 266 g/mol.